The lowest BCUT2D eigenvalue weighted by molar-refractivity contribution is -0.125. The lowest BCUT2D eigenvalue weighted by Gasteiger charge is -2.22. The molecule has 0 aliphatic heterocycles. The molecule has 2 aromatic rings. The molecule has 1 aromatic carbocycles. The fraction of sp³-hybridized carbons (Fsp3) is 0.250. The number of ether oxygens (including phenoxy) is 2. The molecule has 0 fully saturated rings. The number of rotatable bonds is 7. The van der Waals surface area contributed by atoms with Gasteiger partial charge in [-0.15, -0.1) is 0 Å². The highest BCUT2D eigenvalue weighted by molar-refractivity contribution is 6.07. The van der Waals surface area contributed by atoms with E-state index >= 15 is 0 Å². The second-order valence-electron chi connectivity index (χ2n) is 8.47. The van der Waals surface area contributed by atoms with Crippen molar-refractivity contribution in [3.8, 4) is 6.07 Å². The first-order valence-corrected chi connectivity index (χ1v) is 11.2. The number of benzene rings is 1. The summed E-state index contributed by atoms with van der Waals surface area (Å²) < 4.78 is 15.8. The topological polar surface area (TPSA) is 102 Å². The van der Waals surface area contributed by atoms with Gasteiger partial charge in [-0.3, -0.25) is 9.59 Å². The second kappa shape index (κ2) is 9.90. The monoisotopic (exact) mass is 470 g/mol. The van der Waals surface area contributed by atoms with Gasteiger partial charge in [-0.25, -0.2) is 0 Å². The van der Waals surface area contributed by atoms with E-state index in [2.05, 4.69) is 11.4 Å². The van der Waals surface area contributed by atoms with Crippen molar-refractivity contribution in [2.75, 3.05) is 14.2 Å². The summed E-state index contributed by atoms with van der Waals surface area (Å²) in [7, 11) is 2.88. The average molecular weight is 471 g/mol. The molecule has 35 heavy (non-hydrogen) atoms. The number of nitrogens with one attached hydrogen (secondary N) is 1. The van der Waals surface area contributed by atoms with Crippen LogP contribution in [0.1, 0.15) is 42.2 Å². The molecule has 0 bridgehead atoms. The van der Waals surface area contributed by atoms with Gasteiger partial charge in [0.25, 0.3) is 5.78 Å². The van der Waals surface area contributed by atoms with Crippen LogP contribution >= 0.6 is 0 Å². The number of allylic oxidation sites excluding steroid dienone is 6. The normalized spacial score (nSPS) is 17.7. The van der Waals surface area contributed by atoms with Crippen molar-refractivity contribution >= 4 is 17.3 Å². The van der Waals surface area contributed by atoms with Crippen molar-refractivity contribution in [2.45, 2.75) is 26.3 Å². The third-order valence-corrected chi connectivity index (χ3v) is 6.42. The molecular weight excluding hydrogens is 444 g/mol. The maximum atomic E-state index is 13.1. The Labute approximate surface area is 204 Å². The minimum Gasteiger partial charge on any atom is -0.492 e. The summed E-state index contributed by atoms with van der Waals surface area (Å²) in [5, 5.41) is 12.4. The van der Waals surface area contributed by atoms with Gasteiger partial charge in [-0.1, -0.05) is 18.6 Å². The third-order valence-electron chi connectivity index (χ3n) is 6.42. The van der Waals surface area contributed by atoms with Crippen molar-refractivity contribution in [3.63, 3.8) is 0 Å². The van der Waals surface area contributed by atoms with Crippen molar-refractivity contribution in [1.29, 1.82) is 5.26 Å². The Kier molecular flexibility index (Phi) is 6.74. The summed E-state index contributed by atoms with van der Waals surface area (Å²) in [4.78, 5) is 25.4. The van der Waals surface area contributed by atoms with Gasteiger partial charge in [0.1, 0.15) is 5.76 Å². The molecule has 2 unspecified atom stereocenters. The number of nitrogens with zero attached hydrogens (tertiary/aromatic N) is 1. The largest absolute Gasteiger partial charge is 0.492 e. The molecule has 1 N–H and O–H groups in total. The van der Waals surface area contributed by atoms with E-state index in [9.17, 15) is 14.9 Å². The van der Waals surface area contributed by atoms with Crippen LogP contribution in [0.25, 0.3) is 5.57 Å². The number of ketones is 1. The predicted molar refractivity (Wildman–Crippen MR) is 129 cm³/mol. The van der Waals surface area contributed by atoms with E-state index in [4.69, 9.17) is 13.9 Å². The summed E-state index contributed by atoms with van der Waals surface area (Å²) >= 11 is 0. The van der Waals surface area contributed by atoms with Crippen molar-refractivity contribution in [1.82, 2.24) is 5.32 Å². The zero-order chi connectivity index (χ0) is 25.1. The van der Waals surface area contributed by atoms with Crippen LogP contribution in [0.4, 0.5) is 0 Å². The molecule has 0 saturated heterocycles. The Balaban J connectivity index is 1.73. The highest BCUT2D eigenvalue weighted by atomic mass is 16.5. The first kappa shape index (κ1) is 23.8. The third kappa shape index (κ3) is 4.56. The van der Waals surface area contributed by atoms with Crippen LogP contribution in [0, 0.1) is 17.2 Å². The first-order valence-electron chi connectivity index (χ1n) is 11.2. The van der Waals surface area contributed by atoms with Gasteiger partial charge in [0.05, 0.1) is 38.7 Å². The van der Waals surface area contributed by atoms with E-state index < -0.39 is 5.92 Å². The van der Waals surface area contributed by atoms with Crippen LogP contribution in [0.15, 0.2) is 81.9 Å². The Morgan fingerprint density at radius 2 is 1.94 bits per heavy atom. The van der Waals surface area contributed by atoms with E-state index in [0.29, 0.717) is 17.9 Å². The molecule has 178 valence electrons. The summed E-state index contributed by atoms with van der Waals surface area (Å²) in [6.07, 6.45) is 6.86. The van der Waals surface area contributed by atoms with Crippen molar-refractivity contribution < 1.29 is 23.5 Å². The maximum Gasteiger partial charge on any atom is 0.261 e. The Hall–Kier alpha value is -4.31. The molecule has 7 nitrogen and oxygen atoms in total. The molecular formula is C28H26N2O5. The van der Waals surface area contributed by atoms with Crippen LogP contribution in [0.2, 0.25) is 0 Å². The molecule has 2 atom stereocenters. The van der Waals surface area contributed by atoms with E-state index in [1.54, 1.807) is 30.5 Å². The maximum absolute atomic E-state index is 13.1. The minimum absolute atomic E-state index is 0.112. The number of hydrogen-bond acceptors (Lipinski definition) is 6. The smallest absolute Gasteiger partial charge is 0.261 e. The van der Waals surface area contributed by atoms with Gasteiger partial charge < -0.3 is 19.2 Å². The molecule has 2 aliphatic carbocycles. The standard InChI is InChI=1S/C28H26N2O5/c1-16-22(11-19-12-24(33-3)27(31)25(13-19)34-4)21-8-7-18(14-29)10-23(21)26(16)17(2)28(32)30-15-20-6-5-9-35-20/h5-13,17,26H,15H2,1-4H3,(H,30,32). The summed E-state index contributed by atoms with van der Waals surface area (Å²) in [5.74, 6) is 0.0150. The number of hydrogen-bond donors (Lipinski definition) is 1. The number of nitriles is 1. The highest BCUT2D eigenvalue weighted by Gasteiger charge is 2.35. The number of furan rings is 1. The van der Waals surface area contributed by atoms with Crippen LogP contribution in [0.5, 0.6) is 0 Å². The van der Waals surface area contributed by atoms with E-state index in [1.165, 1.54) is 14.2 Å². The quantitative estimate of drug-likeness (QED) is 0.637. The second-order valence-corrected chi connectivity index (χ2v) is 8.47. The summed E-state index contributed by atoms with van der Waals surface area (Å²) in [6, 6.07) is 11.3. The fourth-order valence-electron chi connectivity index (χ4n) is 4.63. The highest BCUT2D eigenvalue weighted by Crippen LogP contribution is 2.47. The zero-order valence-electron chi connectivity index (χ0n) is 20.0. The molecule has 1 amide bonds. The lowest BCUT2D eigenvalue weighted by Crippen LogP contribution is -2.32. The van der Waals surface area contributed by atoms with Gasteiger partial charge >= 0.3 is 0 Å². The van der Waals surface area contributed by atoms with Gasteiger partial charge in [0, 0.05) is 11.8 Å². The first-order chi connectivity index (χ1) is 16.9. The van der Waals surface area contributed by atoms with Crippen LogP contribution in [-0.4, -0.2) is 25.9 Å². The van der Waals surface area contributed by atoms with Crippen LogP contribution in [-0.2, 0) is 25.6 Å². The predicted octanol–water partition coefficient (Wildman–Crippen LogP) is 4.54. The van der Waals surface area contributed by atoms with Gasteiger partial charge in [-0.05, 0) is 71.7 Å². The minimum atomic E-state index is -0.392. The molecule has 0 radical (unpaired) electrons. The van der Waals surface area contributed by atoms with E-state index in [-0.39, 0.29) is 29.1 Å². The molecule has 4 rings (SSSR count). The Morgan fingerprint density at radius 1 is 1.23 bits per heavy atom. The SMILES string of the molecule is COC1=CC(=CC2=C(C)C(C(C)C(=O)NCc3ccco3)c3cc(C#N)ccc32)C=C(OC)C1=O. The van der Waals surface area contributed by atoms with Crippen molar-refractivity contribution in [2.24, 2.45) is 5.92 Å². The molecule has 0 spiro atoms. The molecule has 1 heterocycles. The fourth-order valence-corrected chi connectivity index (χ4v) is 4.63. The molecule has 2 aliphatic rings. The number of methoxy groups -OCH3 is 2. The number of Topliss-reactive ketones (excluding diaryl/α,β-unsaturated/α-hetero) is 1. The van der Waals surface area contributed by atoms with Crippen LogP contribution < -0.4 is 5.32 Å². The van der Waals surface area contributed by atoms with E-state index in [1.807, 2.05) is 38.1 Å². The van der Waals surface area contributed by atoms with Gasteiger partial charge in [0.15, 0.2) is 11.5 Å². The molecule has 1 aromatic heterocycles. The number of carbonyl (C=O) groups is 2. The van der Waals surface area contributed by atoms with E-state index in [0.717, 1.165) is 27.8 Å². The number of amides is 1. The molecule has 7 heteroatoms. The lowest BCUT2D eigenvalue weighted by atomic mass is 9.84. The van der Waals surface area contributed by atoms with Gasteiger partial charge in [-0.2, -0.15) is 5.26 Å². The number of fused-ring (bicyclic) bond motifs is 1. The Bertz CT molecular complexity index is 1310. The average Bonchev–Trinajstić information content (AvgIpc) is 3.48. The Morgan fingerprint density at radius 3 is 2.54 bits per heavy atom. The number of carbonyl (C=O) groups excluding carboxylic acids is 2. The van der Waals surface area contributed by atoms with Gasteiger partial charge in [0.2, 0.25) is 5.91 Å². The van der Waals surface area contributed by atoms with Crippen LogP contribution in [0.3, 0.4) is 0 Å². The summed E-state index contributed by atoms with van der Waals surface area (Å²) in [6.45, 7) is 4.18. The zero-order valence-corrected chi connectivity index (χ0v) is 20.0. The molecule has 0 saturated carbocycles. The summed E-state index contributed by atoms with van der Waals surface area (Å²) in [5.41, 5.74) is 5.07. The van der Waals surface area contributed by atoms with Crippen molar-refractivity contribution in [3.05, 3.63) is 99.9 Å².